The topological polar surface area (TPSA) is 38.5 Å². The number of nitrogens with two attached hydrogens (primary N) is 1. The number of hydrogen-bond donors (Lipinski definition) is 1. The molecule has 1 aromatic rings. The van der Waals surface area contributed by atoms with Crippen LogP contribution in [0.2, 0.25) is 0 Å². The molecule has 1 aliphatic rings. The summed E-state index contributed by atoms with van der Waals surface area (Å²) in [4.78, 5) is 2.34. The predicted octanol–water partition coefficient (Wildman–Crippen LogP) is 2.90. The van der Waals surface area contributed by atoms with Gasteiger partial charge in [-0.2, -0.15) is 0 Å². The minimum Gasteiger partial charge on any atom is -0.493 e. The van der Waals surface area contributed by atoms with E-state index in [4.69, 9.17) is 10.5 Å². The van der Waals surface area contributed by atoms with Crippen molar-refractivity contribution in [3.8, 4) is 5.75 Å². The Balaban J connectivity index is 2.11. The zero-order chi connectivity index (χ0) is 12.3. The van der Waals surface area contributed by atoms with Gasteiger partial charge in [0.25, 0.3) is 0 Å². The van der Waals surface area contributed by atoms with Gasteiger partial charge in [0.1, 0.15) is 5.75 Å². The molecule has 1 aromatic carbocycles. The Bertz CT molecular complexity index is 370. The molecular formula is C14H22N2O. The minimum atomic E-state index is 0.544. The van der Waals surface area contributed by atoms with Crippen LogP contribution in [0.3, 0.4) is 0 Å². The highest BCUT2D eigenvalue weighted by molar-refractivity contribution is 5.70. The van der Waals surface area contributed by atoms with Crippen LogP contribution in [0.15, 0.2) is 18.2 Å². The maximum atomic E-state index is 6.03. The average Bonchev–Trinajstić information content (AvgIpc) is 2.81. The van der Waals surface area contributed by atoms with E-state index in [2.05, 4.69) is 24.8 Å². The molecule has 17 heavy (non-hydrogen) atoms. The molecule has 0 atom stereocenters. The normalized spacial score (nSPS) is 15.6. The molecule has 1 saturated heterocycles. The van der Waals surface area contributed by atoms with Gasteiger partial charge in [-0.3, -0.25) is 0 Å². The Labute approximate surface area is 104 Å². The summed E-state index contributed by atoms with van der Waals surface area (Å²) >= 11 is 0. The maximum Gasteiger partial charge on any atom is 0.121 e. The van der Waals surface area contributed by atoms with Crippen molar-refractivity contribution >= 4 is 11.4 Å². The first-order valence-corrected chi connectivity index (χ1v) is 6.44. The molecule has 94 valence electrons. The lowest BCUT2D eigenvalue weighted by atomic mass is 10.2. The summed E-state index contributed by atoms with van der Waals surface area (Å²) < 4.78 is 5.74. The quantitative estimate of drug-likeness (QED) is 0.814. The second-order valence-corrected chi connectivity index (χ2v) is 5.12. The van der Waals surface area contributed by atoms with Gasteiger partial charge in [-0.25, -0.2) is 0 Å². The van der Waals surface area contributed by atoms with E-state index >= 15 is 0 Å². The monoisotopic (exact) mass is 234 g/mol. The summed E-state index contributed by atoms with van der Waals surface area (Å²) in [6.45, 7) is 7.27. The van der Waals surface area contributed by atoms with Gasteiger partial charge in [-0.05, 0) is 30.9 Å². The lowest BCUT2D eigenvalue weighted by Gasteiger charge is -2.20. The third kappa shape index (κ3) is 3.05. The van der Waals surface area contributed by atoms with Crippen LogP contribution < -0.4 is 15.4 Å². The number of benzene rings is 1. The van der Waals surface area contributed by atoms with Crippen molar-refractivity contribution in [1.82, 2.24) is 0 Å². The van der Waals surface area contributed by atoms with E-state index in [9.17, 15) is 0 Å². The van der Waals surface area contributed by atoms with Gasteiger partial charge in [0.2, 0.25) is 0 Å². The standard InChI is InChI=1S/C14H22N2O/c1-11(2)10-17-12-5-6-13(15)14(9-12)16-7-3-4-8-16/h5-6,9,11H,3-4,7-8,10,15H2,1-2H3. The highest BCUT2D eigenvalue weighted by Crippen LogP contribution is 2.30. The molecule has 3 heteroatoms. The van der Waals surface area contributed by atoms with Gasteiger partial charge in [0, 0.05) is 19.2 Å². The molecule has 0 radical (unpaired) electrons. The summed E-state index contributed by atoms with van der Waals surface area (Å²) in [5.74, 6) is 1.47. The predicted molar refractivity (Wildman–Crippen MR) is 72.6 cm³/mol. The van der Waals surface area contributed by atoms with E-state index in [1.165, 1.54) is 12.8 Å². The number of hydrogen-bond acceptors (Lipinski definition) is 3. The van der Waals surface area contributed by atoms with Gasteiger partial charge >= 0.3 is 0 Å². The van der Waals surface area contributed by atoms with Crippen molar-refractivity contribution in [2.45, 2.75) is 26.7 Å². The fraction of sp³-hybridized carbons (Fsp3) is 0.571. The molecule has 1 fully saturated rings. The van der Waals surface area contributed by atoms with Crippen LogP contribution >= 0.6 is 0 Å². The second kappa shape index (κ2) is 5.30. The lowest BCUT2D eigenvalue weighted by molar-refractivity contribution is 0.271. The van der Waals surface area contributed by atoms with Crippen LogP contribution in [0, 0.1) is 5.92 Å². The molecule has 1 aliphatic heterocycles. The van der Waals surface area contributed by atoms with E-state index in [-0.39, 0.29) is 0 Å². The summed E-state index contributed by atoms with van der Waals surface area (Å²) in [7, 11) is 0. The fourth-order valence-corrected chi connectivity index (χ4v) is 2.11. The molecular weight excluding hydrogens is 212 g/mol. The second-order valence-electron chi connectivity index (χ2n) is 5.12. The van der Waals surface area contributed by atoms with E-state index in [1.54, 1.807) is 0 Å². The zero-order valence-electron chi connectivity index (χ0n) is 10.8. The number of ether oxygens (including phenoxy) is 1. The van der Waals surface area contributed by atoms with Crippen molar-refractivity contribution in [3.05, 3.63) is 18.2 Å². The maximum absolute atomic E-state index is 6.03. The molecule has 0 bridgehead atoms. The molecule has 2 N–H and O–H groups in total. The summed E-state index contributed by atoms with van der Waals surface area (Å²) in [6, 6.07) is 5.98. The van der Waals surface area contributed by atoms with Crippen LogP contribution in [-0.4, -0.2) is 19.7 Å². The molecule has 2 rings (SSSR count). The summed E-state index contributed by atoms with van der Waals surface area (Å²) in [5.41, 5.74) is 8.01. The molecule has 3 nitrogen and oxygen atoms in total. The Morgan fingerprint density at radius 2 is 2.00 bits per heavy atom. The van der Waals surface area contributed by atoms with E-state index < -0.39 is 0 Å². The first-order valence-electron chi connectivity index (χ1n) is 6.44. The van der Waals surface area contributed by atoms with E-state index in [1.807, 2.05) is 12.1 Å². The van der Waals surface area contributed by atoms with Gasteiger partial charge < -0.3 is 15.4 Å². The van der Waals surface area contributed by atoms with Crippen LogP contribution in [0.1, 0.15) is 26.7 Å². The van der Waals surface area contributed by atoms with Gasteiger partial charge in [0.15, 0.2) is 0 Å². The smallest absolute Gasteiger partial charge is 0.121 e. The van der Waals surface area contributed by atoms with Crippen molar-refractivity contribution < 1.29 is 4.74 Å². The number of nitrogen functional groups attached to an aromatic ring is 1. The highest BCUT2D eigenvalue weighted by atomic mass is 16.5. The van der Waals surface area contributed by atoms with Crippen molar-refractivity contribution in [1.29, 1.82) is 0 Å². The largest absolute Gasteiger partial charge is 0.493 e. The van der Waals surface area contributed by atoms with Gasteiger partial charge in [-0.15, -0.1) is 0 Å². The third-order valence-electron chi connectivity index (χ3n) is 3.03. The number of anilines is 2. The Hall–Kier alpha value is -1.38. The zero-order valence-corrected chi connectivity index (χ0v) is 10.8. The first kappa shape index (κ1) is 12.1. The Kier molecular flexibility index (Phi) is 3.77. The summed E-state index contributed by atoms with van der Waals surface area (Å²) in [5, 5.41) is 0. The number of rotatable bonds is 4. The molecule has 0 unspecified atom stereocenters. The molecule has 0 amide bonds. The Morgan fingerprint density at radius 1 is 1.29 bits per heavy atom. The lowest BCUT2D eigenvalue weighted by Crippen LogP contribution is -2.19. The molecule has 0 aromatic heterocycles. The average molecular weight is 234 g/mol. The van der Waals surface area contributed by atoms with Crippen LogP contribution in [0.25, 0.3) is 0 Å². The van der Waals surface area contributed by atoms with Crippen molar-refractivity contribution in [2.24, 2.45) is 5.92 Å². The van der Waals surface area contributed by atoms with Crippen LogP contribution in [0.5, 0.6) is 5.75 Å². The van der Waals surface area contributed by atoms with E-state index in [0.29, 0.717) is 5.92 Å². The molecule has 1 heterocycles. The van der Waals surface area contributed by atoms with Crippen LogP contribution in [0.4, 0.5) is 11.4 Å². The van der Waals surface area contributed by atoms with Gasteiger partial charge in [0.05, 0.1) is 18.0 Å². The molecule has 0 saturated carbocycles. The SMILES string of the molecule is CC(C)COc1ccc(N)c(N2CCCC2)c1. The van der Waals surface area contributed by atoms with Crippen molar-refractivity contribution in [2.75, 3.05) is 30.3 Å². The molecule has 0 aliphatic carbocycles. The third-order valence-corrected chi connectivity index (χ3v) is 3.03. The minimum absolute atomic E-state index is 0.544. The highest BCUT2D eigenvalue weighted by Gasteiger charge is 2.15. The van der Waals surface area contributed by atoms with Crippen LogP contribution in [-0.2, 0) is 0 Å². The Morgan fingerprint density at radius 3 is 2.65 bits per heavy atom. The number of nitrogens with zero attached hydrogens (tertiary/aromatic N) is 1. The fourth-order valence-electron chi connectivity index (χ4n) is 2.11. The first-order chi connectivity index (χ1) is 8.16. The van der Waals surface area contributed by atoms with E-state index in [0.717, 1.165) is 36.8 Å². The van der Waals surface area contributed by atoms with Crippen molar-refractivity contribution in [3.63, 3.8) is 0 Å². The van der Waals surface area contributed by atoms with Gasteiger partial charge in [-0.1, -0.05) is 13.8 Å². The molecule has 0 spiro atoms. The summed E-state index contributed by atoms with van der Waals surface area (Å²) in [6.07, 6.45) is 2.52.